The van der Waals surface area contributed by atoms with Gasteiger partial charge in [0.1, 0.15) is 11.6 Å². The van der Waals surface area contributed by atoms with E-state index in [2.05, 4.69) is 16.8 Å². The maximum atomic E-state index is 12.8. The fourth-order valence-corrected chi connectivity index (χ4v) is 4.56. The van der Waals surface area contributed by atoms with Gasteiger partial charge in [0.2, 0.25) is 0 Å². The summed E-state index contributed by atoms with van der Waals surface area (Å²) in [6.07, 6.45) is 7.77. The van der Waals surface area contributed by atoms with Gasteiger partial charge in [0.25, 0.3) is 5.91 Å². The summed E-state index contributed by atoms with van der Waals surface area (Å²) >= 11 is 0. The van der Waals surface area contributed by atoms with Crippen LogP contribution in [-0.2, 0) is 11.8 Å². The second kappa shape index (κ2) is 8.31. The van der Waals surface area contributed by atoms with E-state index in [4.69, 9.17) is 4.42 Å². The number of benzene rings is 1. The second-order valence-electron chi connectivity index (χ2n) is 8.22. The van der Waals surface area contributed by atoms with E-state index < -0.39 is 11.7 Å². The number of nitrogens with one attached hydrogen (secondary N) is 1. The Morgan fingerprint density at radius 3 is 2.68 bits per heavy atom. The predicted octanol–water partition coefficient (Wildman–Crippen LogP) is 4.60. The quantitative estimate of drug-likeness (QED) is 0.495. The third kappa shape index (κ3) is 3.93. The van der Waals surface area contributed by atoms with Crippen LogP contribution in [0.3, 0.4) is 0 Å². The van der Waals surface area contributed by atoms with E-state index in [0.29, 0.717) is 22.8 Å². The van der Waals surface area contributed by atoms with Crippen molar-refractivity contribution >= 4 is 28.8 Å². The zero-order valence-electron chi connectivity index (χ0n) is 18.1. The summed E-state index contributed by atoms with van der Waals surface area (Å²) in [4.78, 5) is 24.4. The van der Waals surface area contributed by atoms with E-state index >= 15 is 0 Å². The fourth-order valence-electron chi connectivity index (χ4n) is 4.56. The van der Waals surface area contributed by atoms with Gasteiger partial charge in [-0.1, -0.05) is 19.3 Å². The van der Waals surface area contributed by atoms with Crippen molar-refractivity contribution in [2.45, 2.75) is 52.0 Å². The molecule has 7 heteroatoms. The summed E-state index contributed by atoms with van der Waals surface area (Å²) in [5.74, 6) is -0.956. The van der Waals surface area contributed by atoms with Crippen molar-refractivity contribution in [1.29, 1.82) is 5.26 Å². The van der Waals surface area contributed by atoms with Crippen LogP contribution in [0.2, 0.25) is 0 Å². The Balaban J connectivity index is 1.60. The van der Waals surface area contributed by atoms with Crippen LogP contribution in [0.15, 0.2) is 39.1 Å². The van der Waals surface area contributed by atoms with Gasteiger partial charge in [0.05, 0.1) is 5.52 Å². The van der Waals surface area contributed by atoms with Gasteiger partial charge in [-0.15, -0.1) is 0 Å². The molecule has 3 aromatic rings. The first-order valence-corrected chi connectivity index (χ1v) is 10.6. The van der Waals surface area contributed by atoms with E-state index in [0.717, 1.165) is 17.0 Å². The van der Waals surface area contributed by atoms with Crippen molar-refractivity contribution in [2.24, 2.45) is 7.05 Å². The van der Waals surface area contributed by atoms with Gasteiger partial charge in [0.15, 0.2) is 5.58 Å². The van der Waals surface area contributed by atoms with Gasteiger partial charge in [-0.05, 0) is 62.6 Å². The molecule has 160 valence electrons. The Kier molecular flexibility index (Phi) is 5.55. The summed E-state index contributed by atoms with van der Waals surface area (Å²) in [6.45, 7) is 4.13. The Hall–Kier alpha value is -3.53. The smallest absolute Gasteiger partial charge is 0.408 e. The minimum absolute atomic E-state index is 0.0325. The van der Waals surface area contributed by atoms with Gasteiger partial charge in [-0.25, -0.2) is 4.79 Å². The number of nitriles is 1. The van der Waals surface area contributed by atoms with Crippen molar-refractivity contribution < 1.29 is 9.21 Å². The highest BCUT2D eigenvalue weighted by molar-refractivity contribution is 6.10. The summed E-state index contributed by atoms with van der Waals surface area (Å²) in [7, 11) is 1.60. The summed E-state index contributed by atoms with van der Waals surface area (Å²) in [5.41, 5.74) is 4.66. The molecule has 1 N–H and O–H groups in total. The molecular formula is C24H26N4O3. The molecule has 0 saturated heterocycles. The molecule has 1 aliphatic rings. The summed E-state index contributed by atoms with van der Waals surface area (Å²) < 4.78 is 8.83. The molecule has 2 heterocycles. The molecule has 0 spiro atoms. The van der Waals surface area contributed by atoms with Crippen molar-refractivity contribution in [3.05, 3.63) is 57.3 Å². The number of carbonyl (C=O) groups excluding carboxylic acids is 1. The lowest BCUT2D eigenvalue weighted by Gasteiger charge is -2.26. The number of hydrogen-bond donors (Lipinski definition) is 1. The lowest BCUT2D eigenvalue weighted by molar-refractivity contribution is -0.112. The molecule has 1 amide bonds. The summed E-state index contributed by atoms with van der Waals surface area (Å²) in [6, 6.07) is 9.48. The van der Waals surface area contributed by atoms with Gasteiger partial charge >= 0.3 is 5.76 Å². The van der Waals surface area contributed by atoms with E-state index in [9.17, 15) is 14.9 Å². The van der Waals surface area contributed by atoms with E-state index in [1.54, 1.807) is 31.3 Å². The lowest BCUT2D eigenvalue weighted by atomic mass is 9.95. The molecule has 4 rings (SSSR count). The average molecular weight is 418 g/mol. The molecule has 1 fully saturated rings. The molecule has 1 saturated carbocycles. The molecule has 2 aromatic heterocycles. The Morgan fingerprint density at radius 2 is 1.97 bits per heavy atom. The SMILES string of the molecule is Cc1cc(/C=C(/C#N)C(=O)Nc2ccc3oc(=O)n(C)c3c2)c(C)n1C1CCCCC1. The molecule has 0 atom stereocenters. The van der Waals surface area contributed by atoms with Crippen LogP contribution in [0.1, 0.15) is 55.1 Å². The number of amides is 1. The number of fused-ring (bicyclic) bond motifs is 1. The number of aryl methyl sites for hydroxylation is 2. The van der Waals surface area contributed by atoms with Crippen LogP contribution in [0, 0.1) is 25.2 Å². The molecule has 1 aliphatic carbocycles. The first-order valence-electron chi connectivity index (χ1n) is 10.6. The van der Waals surface area contributed by atoms with Crippen LogP contribution in [0.5, 0.6) is 0 Å². The van der Waals surface area contributed by atoms with Gasteiger partial charge < -0.3 is 14.3 Å². The molecular weight excluding hydrogens is 392 g/mol. The minimum Gasteiger partial charge on any atom is -0.408 e. The number of nitrogens with zero attached hydrogens (tertiary/aromatic N) is 3. The monoisotopic (exact) mass is 418 g/mol. The van der Waals surface area contributed by atoms with E-state index in [1.807, 2.05) is 19.1 Å². The molecule has 0 aliphatic heterocycles. The van der Waals surface area contributed by atoms with Crippen LogP contribution >= 0.6 is 0 Å². The van der Waals surface area contributed by atoms with Crippen molar-refractivity contribution in [3.63, 3.8) is 0 Å². The van der Waals surface area contributed by atoms with Gasteiger partial charge in [-0.3, -0.25) is 9.36 Å². The van der Waals surface area contributed by atoms with Gasteiger partial charge in [0, 0.05) is 30.2 Å². The van der Waals surface area contributed by atoms with E-state index in [1.165, 1.54) is 36.7 Å². The minimum atomic E-state index is -0.488. The Bertz CT molecular complexity index is 1280. The average Bonchev–Trinajstić information content (AvgIpc) is 3.21. The highest BCUT2D eigenvalue weighted by atomic mass is 16.4. The fraction of sp³-hybridized carbons (Fsp3) is 0.375. The zero-order valence-corrected chi connectivity index (χ0v) is 18.1. The first-order chi connectivity index (χ1) is 14.9. The second-order valence-corrected chi connectivity index (χ2v) is 8.22. The largest absolute Gasteiger partial charge is 0.419 e. The maximum Gasteiger partial charge on any atom is 0.419 e. The number of oxazole rings is 1. The Labute approximate surface area is 180 Å². The normalized spacial score (nSPS) is 15.2. The van der Waals surface area contributed by atoms with Crippen LogP contribution in [-0.4, -0.2) is 15.0 Å². The van der Waals surface area contributed by atoms with Gasteiger partial charge in [-0.2, -0.15) is 5.26 Å². The highest BCUT2D eigenvalue weighted by Crippen LogP contribution is 2.32. The van der Waals surface area contributed by atoms with Crippen LogP contribution in [0.4, 0.5) is 5.69 Å². The van der Waals surface area contributed by atoms with Crippen LogP contribution in [0.25, 0.3) is 17.2 Å². The summed E-state index contributed by atoms with van der Waals surface area (Å²) in [5, 5.41) is 12.4. The molecule has 7 nitrogen and oxygen atoms in total. The highest BCUT2D eigenvalue weighted by Gasteiger charge is 2.20. The molecule has 0 bridgehead atoms. The van der Waals surface area contributed by atoms with Crippen molar-refractivity contribution in [2.75, 3.05) is 5.32 Å². The lowest BCUT2D eigenvalue weighted by Crippen LogP contribution is -2.15. The Morgan fingerprint density at radius 1 is 1.23 bits per heavy atom. The first kappa shape index (κ1) is 20.7. The van der Waals surface area contributed by atoms with E-state index in [-0.39, 0.29) is 5.57 Å². The number of hydrogen-bond acceptors (Lipinski definition) is 4. The third-order valence-corrected chi connectivity index (χ3v) is 6.18. The standard InChI is InChI=1S/C24H26N4O3/c1-15-11-17(16(2)28(15)20-7-5-4-6-8-20)12-18(14-25)23(29)26-19-9-10-22-21(13-19)27(3)24(30)31-22/h9-13,20H,4-8H2,1-3H3,(H,26,29)/b18-12-. The molecule has 0 unspecified atom stereocenters. The third-order valence-electron chi connectivity index (χ3n) is 6.18. The molecule has 1 aromatic carbocycles. The van der Waals surface area contributed by atoms with Crippen molar-refractivity contribution in [1.82, 2.24) is 9.13 Å². The van der Waals surface area contributed by atoms with Crippen LogP contribution < -0.4 is 11.1 Å². The van der Waals surface area contributed by atoms with Crippen molar-refractivity contribution in [3.8, 4) is 6.07 Å². The number of rotatable bonds is 4. The molecule has 0 radical (unpaired) electrons. The zero-order chi connectivity index (χ0) is 22.1. The predicted molar refractivity (Wildman–Crippen MR) is 120 cm³/mol. The maximum absolute atomic E-state index is 12.8. The number of aromatic nitrogens is 2. The topological polar surface area (TPSA) is 93.0 Å². The number of anilines is 1. The number of carbonyl (C=O) groups is 1. The molecule has 31 heavy (non-hydrogen) atoms.